The average Bonchev–Trinajstić information content (AvgIpc) is 2.49. The van der Waals surface area contributed by atoms with Gasteiger partial charge in [0.15, 0.2) is 11.6 Å². The van der Waals surface area contributed by atoms with Crippen molar-refractivity contribution < 1.29 is 13.5 Å². The molecular formula is C16H18F2N2O. The minimum absolute atomic E-state index is 0.145. The summed E-state index contributed by atoms with van der Waals surface area (Å²) >= 11 is 0. The van der Waals surface area contributed by atoms with Crippen LogP contribution in [-0.2, 0) is 0 Å². The lowest BCUT2D eigenvalue weighted by atomic mass is 10.0. The van der Waals surface area contributed by atoms with Crippen LogP contribution in [0.15, 0.2) is 36.4 Å². The highest BCUT2D eigenvalue weighted by molar-refractivity contribution is 5.51. The molecule has 0 saturated heterocycles. The van der Waals surface area contributed by atoms with Gasteiger partial charge in [0, 0.05) is 18.3 Å². The van der Waals surface area contributed by atoms with Gasteiger partial charge in [0.2, 0.25) is 0 Å². The van der Waals surface area contributed by atoms with Gasteiger partial charge in [-0.1, -0.05) is 6.07 Å². The van der Waals surface area contributed by atoms with Crippen LogP contribution in [0.1, 0.15) is 17.2 Å². The second kappa shape index (κ2) is 6.54. The van der Waals surface area contributed by atoms with Crippen molar-refractivity contribution in [2.24, 2.45) is 5.73 Å². The lowest BCUT2D eigenvalue weighted by Gasteiger charge is -2.21. The quantitative estimate of drug-likeness (QED) is 0.888. The first-order valence-corrected chi connectivity index (χ1v) is 6.61. The fourth-order valence-electron chi connectivity index (χ4n) is 2.20. The molecule has 2 rings (SSSR count). The number of aryl methyl sites for hydroxylation is 1. The second-order valence-corrected chi connectivity index (χ2v) is 4.78. The Morgan fingerprint density at radius 2 is 1.95 bits per heavy atom. The van der Waals surface area contributed by atoms with Crippen LogP contribution in [0.3, 0.4) is 0 Å². The molecule has 0 spiro atoms. The Morgan fingerprint density at radius 1 is 1.19 bits per heavy atom. The van der Waals surface area contributed by atoms with Gasteiger partial charge in [-0.3, -0.25) is 0 Å². The van der Waals surface area contributed by atoms with E-state index in [2.05, 4.69) is 5.32 Å². The number of nitrogens with two attached hydrogens (primary N) is 1. The smallest absolute Gasteiger partial charge is 0.165 e. The number of halogens is 2. The summed E-state index contributed by atoms with van der Waals surface area (Å²) in [5, 5.41) is 3.18. The summed E-state index contributed by atoms with van der Waals surface area (Å²) in [5.41, 5.74) is 8.16. The number of hydrogen-bond acceptors (Lipinski definition) is 3. The van der Waals surface area contributed by atoms with Crippen molar-refractivity contribution in [1.29, 1.82) is 0 Å². The lowest BCUT2D eigenvalue weighted by Crippen LogP contribution is -2.21. The number of ether oxygens (including phenoxy) is 1. The van der Waals surface area contributed by atoms with E-state index in [1.165, 1.54) is 25.3 Å². The van der Waals surface area contributed by atoms with Crippen LogP contribution >= 0.6 is 0 Å². The maximum absolute atomic E-state index is 13.4. The molecular weight excluding hydrogens is 274 g/mol. The molecule has 0 heterocycles. The zero-order valence-electron chi connectivity index (χ0n) is 12.0. The molecule has 3 nitrogen and oxygen atoms in total. The molecule has 0 fully saturated rings. The lowest BCUT2D eigenvalue weighted by molar-refractivity contribution is 0.386. The fraction of sp³-hybridized carbons (Fsp3) is 0.250. The topological polar surface area (TPSA) is 47.3 Å². The van der Waals surface area contributed by atoms with Crippen LogP contribution < -0.4 is 15.8 Å². The van der Waals surface area contributed by atoms with Gasteiger partial charge in [0.1, 0.15) is 5.82 Å². The van der Waals surface area contributed by atoms with Crippen LogP contribution in [0.5, 0.6) is 5.75 Å². The maximum atomic E-state index is 13.4. The van der Waals surface area contributed by atoms with Crippen molar-refractivity contribution in [3.05, 3.63) is 59.2 Å². The standard InChI is InChI=1S/C16H18F2N2O/c1-10-3-4-11(17)7-13(10)15(9-19)20-12-5-6-14(18)16(8-12)21-2/h3-8,15,20H,9,19H2,1-2H3. The molecule has 0 radical (unpaired) electrons. The van der Waals surface area contributed by atoms with Crippen molar-refractivity contribution in [1.82, 2.24) is 0 Å². The first kappa shape index (κ1) is 15.3. The van der Waals surface area contributed by atoms with E-state index >= 15 is 0 Å². The summed E-state index contributed by atoms with van der Waals surface area (Å²) in [6, 6.07) is 8.76. The summed E-state index contributed by atoms with van der Waals surface area (Å²) in [6.45, 7) is 2.17. The summed E-state index contributed by atoms with van der Waals surface area (Å²) < 4.78 is 31.8. The summed E-state index contributed by atoms with van der Waals surface area (Å²) in [4.78, 5) is 0. The number of benzene rings is 2. The minimum Gasteiger partial charge on any atom is -0.494 e. The first-order valence-electron chi connectivity index (χ1n) is 6.61. The van der Waals surface area contributed by atoms with E-state index in [1.54, 1.807) is 18.2 Å². The Balaban J connectivity index is 2.29. The molecule has 0 aliphatic heterocycles. The van der Waals surface area contributed by atoms with Gasteiger partial charge in [0.05, 0.1) is 13.2 Å². The monoisotopic (exact) mass is 292 g/mol. The Bertz CT molecular complexity index is 632. The van der Waals surface area contributed by atoms with Gasteiger partial charge in [-0.15, -0.1) is 0 Å². The molecule has 0 aliphatic carbocycles. The molecule has 21 heavy (non-hydrogen) atoms. The molecule has 0 saturated carbocycles. The Morgan fingerprint density at radius 3 is 2.62 bits per heavy atom. The summed E-state index contributed by atoms with van der Waals surface area (Å²) in [5.74, 6) is -0.603. The zero-order valence-corrected chi connectivity index (χ0v) is 12.0. The highest BCUT2D eigenvalue weighted by Crippen LogP contribution is 2.26. The maximum Gasteiger partial charge on any atom is 0.165 e. The van der Waals surface area contributed by atoms with Gasteiger partial charge in [0.25, 0.3) is 0 Å². The second-order valence-electron chi connectivity index (χ2n) is 4.78. The van der Waals surface area contributed by atoms with Gasteiger partial charge in [-0.05, 0) is 42.3 Å². The molecule has 2 aromatic rings. The fourth-order valence-corrected chi connectivity index (χ4v) is 2.20. The molecule has 0 bridgehead atoms. The van der Waals surface area contributed by atoms with Crippen LogP contribution in [-0.4, -0.2) is 13.7 Å². The van der Waals surface area contributed by atoms with E-state index in [0.717, 1.165) is 11.1 Å². The first-order chi connectivity index (χ1) is 10.0. The Labute approximate surface area is 122 Å². The predicted octanol–water partition coefficient (Wildman–Crippen LogP) is 3.39. The molecule has 0 aromatic heterocycles. The number of rotatable bonds is 5. The molecule has 112 valence electrons. The third kappa shape index (κ3) is 3.49. The highest BCUT2D eigenvalue weighted by atomic mass is 19.1. The van der Waals surface area contributed by atoms with E-state index in [-0.39, 0.29) is 24.2 Å². The van der Waals surface area contributed by atoms with Crippen LogP contribution in [0, 0.1) is 18.6 Å². The van der Waals surface area contributed by atoms with Crippen LogP contribution in [0.4, 0.5) is 14.5 Å². The van der Waals surface area contributed by atoms with Crippen molar-refractivity contribution in [3.63, 3.8) is 0 Å². The van der Waals surface area contributed by atoms with Gasteiger partial charge < -0.3 is 15.8 Å². The predicted molar refractivity (Wildman–Crippen MR) is 79.5 cm³/mol. The summed E-state index contributed by atoms with van der Waals surface area (Å²) in [7, 11) is 1.40. The average molecular weight is 292 g/mol. The van der Waals surface area contributed by atoms with Gasteiger partial charge in [-0.25, -0.2) is 8.78 Å². The third-order valence-corrected chi connectivity index (χ3v) is 3.34. The Hall–Kier alpha value is -2.14. The molecule has 0 amide bonds. The van der Waals surface area contributed by atoms with E-state index in [1.807, 2.05) is 6.92 Å². The molecule has 1 unspecified atom stereocenters. The molecule has 5 heteroatoms. The van der Waals surface area contributed by atoms with Gasteiger partial charge in [-0.2, -0.15) is 0 Å². The molecule has 2 aromatic carbocycles. The summed E-state index contributed by atoms with van der Waals surface area (Å²) in [6.07, 6.45) is 0. The zero-order chi connectivity index (χ0) is 15.4. The largest absolute Gasteiger partial charge is 0.494 e. The van der Waals surface area contributed by atoms with E-state index < -0.39 is 5.82 Å². The van der Waals surface area contributed by atoms with Crippen LogP contribution in [0.25, 0.3) is 0 Å². The molecule has 0 aliphatic rings. The van der Waals surface area contributed by atoms with Gasteiger partial charge >= 0.3 is 0 Å². The van der Waals surface area contributed by atoms with Crippen molar-refractivity contribution in [2.75, 3.05) is 19.0 Å². The van der Waals surface area contributed by atoms with E-state index in [9.17, 15) is 8.78 Å². The minimum atomic E-state index is -0.436. The van der Waals surface area contributed by atoms with E-state index in [4.69, 9.17) is 10.5 Å². The molecule has 3 N–H and O–H groups in total. The number of methoxy groups -OCH3 is 1. The van der Waals surface area contributed by atoms with Crippen LogP contribution in [0.2, 0.25) is 0 Å². The normalized spacial score (nSPS) is 12.0. The number of anilines is 1. The highest BCUT2D eigenvalue weighted by Gasteiger charge is 2.14. The van der Waals surface area contributed by atoms with Crippen molar-refractivity contribution >= 4 is 5.69 Å². The molecule has 1 atom stereocenters. The van der Waals surface area contributed by atoms with Crippen molar-refractivity contribution in [2.45, 2.75) is 13.0 Å². The Kier molecular flexibility index (Phi) is 4.75. The SMILES string of the molecule is COc1cc(NC(CN)c2cc(F)ccc2C)ccc1F. The van der Waals surface area contributed by atoms with E-state index in [0.29, 0.717) is 5.69 Å². The number of nitrogens with one attached hydrogen (secondary N) is 1. The third-order valence-electron chi connectivity index (χ3n) is 3.34. The van der Waals surface area contributed by atoms with Crippen molar-refractivity contribution in [3.8, 4) is 5.75 Å². The number of hydrogen-bond donors (Lipinski definition) is 2.